The topological polar surface area (TPSA) is 270 Å². The van der Waals surface area contributed by atoms with Crippen LogP contribution in [0, 0.1) is 17.8 Å². The number of carbonyl (C=O) groups is 12. The summed E-state index contributed by atoms with van der Waals surface area (Å²) < 4.78 is 68.3. The fourth-order valence-corrected chi connectivity index (χ4v) is 15.3. The van der Waals surface area contributed by atoms with Crippen molar-refractivity contribution in [2.75, 3.05) is 95.1 Å². The van der Waals surface area contributed by atoms with Crippen LogP contribution >= 0.6 is 11.6 Å². The first-order chi connectivity index (χ1) is 48.7. The molecule has 0 aromatic heterocycles. The van der Waals surface area contributed by atoms with E-state index < -0.39 is 163 Å². The molecule has 7 atom stereocenters. The number of nitrogens with one attached hydrogen (secondary N) is 3. The Morgan fingerprint density at radius 3 is 1.83 bits per heavy atom. The van der Waals surface area contributed by atoms with Crippen LogP contribution in [0.25, 0.3) is 0 Å². The van der Waals surface area contributed by atoms with E-state index in [2.05, 4.69) is 16.0 Å². The standard InChI is InChI=1S/C73H112ClF5N12O12/c1-47(2)40-56-67(98)82-53(28-17-18-30-59(75)76)68(99)85(5)45-63(95)83(3)46-64(96)87(7)57(42-48-24-13-10-14-25-48)70(101)84(4)44-60(92)81-54(35-33-49-32-34-51(52(74)41-49)73(77,78)79)69(100)91-39-23-29-55(91)66(97)80-36-20-19-31-61(93)89(9)65(50-26-15-11-16-27-50)72(103)88(8)58(43-62(94)86(56)6)71(102)90-37-21-12-22-38-90/h32,34,41,47-48,50,53-59,65H,10-31,33,35-40,42-46H2,1-9H3,(H,80,97)(H,81,92)(H,82,98)/t53?,54-,55-,56-,57-,58-,65?/m0/s1. The first-order valence-corrected chi connectivity index (χ1v) is 37.5. The predicted molar refractivity (Wildman–Crippen MR) is 376 cm³/mol. The van der Waals surface area contributed by atoms with Crippen molar-refractivity contribution < 1.29 is 79.5 Å². The summed E-state index contributed by atoms with van der Waals surface area (Å²) >= 11 is 6.10. The number of hydrogen-bond acceptors (Lipinski definition) is 12. The van der Waals surface area contributed by atoms with Gasteiger partial charge in [0.25, 0.3) is 0 Å². The monoisotopic (exact) mass is 1480 g/mol. The maximum atomic E-state index is 15.4. The summed E-state index contributed by atoms with van der Waals surface area (Å²) in [6.45, 7) is 2.71. The maximum Gasteiger partial charge on any atom is 0.417 e. The summed E-state index contributed by atoms with van der Waals surface area (Å²) in [5.74, 6) is -8.28. The van der Waals surface area contributed by atoms with Crippen molar-refractivity contribution in [1.29, 1.82) is 0 Å². The van der Waals surface area contributed by atoms with Crippen molar-refractivity contribution in [3.63, 3.8) is 0 Å². The van der Waals surface area contributed by atoms with E-state index in [1.54, 1.807) is 11.9 Å². The lowest BCUT2D eigenvalue weighted by molar-refractivity contribution is -0.155. The van der Waals surface area contributed by atoms with Gasteiger partial charge >= 0.3 is 6.18 Å². The number of amides is 12. The number of alkyl halides is 5. The van der Waals surface area contributed by atoms with E-state index in [0.717, 1.165) is 84.6 Å². The molecule has 0 spiro atoms. The highest BCUT2D eigenvalue weighted by Crippen LogP contribution is 2.36. The molecule has 2 saturated carbocycles. The van der Waals surface area contributed by atoms with E-state index in [1.165, 1.54) is 72.9 Å². The van der Waals surface area contributed by atoms with Gasteiger partial charge < -0.3 is 60.0 Å². The molecule has 30 heteroatoms. The molecule has 103 heavy (non-hydrogen) atoms. The predicted octanol–water partition coefficient (Wildman–Crippen LogP) is 7.06. The molecule has 0 radical (unpaired) electrons. The number of likely N-dealkylation sites (tertiary alicyclic amines) is 1. The molecule has 2 aliphatic carbocycles. The zero-order chi connectivity index (χ0) is 76.0. The van der Waals surface area contributed by atoms with Gasteiger partial charge in [0.05, 0.1) is 36.6 Å². The zero-order valence-electron chi connectivity index (χ0n) is 61.8. The lowest BCUT2D eigenvalue weighted by Gasteiger charge is -2.41. The minimum Gasteiger partial charge on any atom is -0.354 e. The highest BCUT2D eigenvalue weighted by Gasteiger charge is 2.45. The first kappa shape index (κ1) is 84.7. The number of likely N-dealkylation sites (N-methyl/N-ethyl adjacent to an activating group) is 7. The molecule has 578 valence electrons. The van der Waals surface area contributed by atoms with Crippen LogP contribution in [-0.4, -0.2) is 259 Å². The molecule has 2 unspecified atom stereocenters. The summed E-state index contributed by atoms with van der Waals surface area (Å²) in [5.41, 5.74) is -0.760. The average molecular weight is 1480 g/mol. The van der Waals surface area contributed by atoms with Gasteiger partial charge in [-0.05, 0) is 132 Å². The molecule has 1 aromatic carbocycles. The van der Waals surface area contributed by atoms with E-state index in [4.69, 9.17) is 11.6 Å². The van der Waals surface area contributed by atoms with Crippen molar-refractivity contribution in [1.82, 2.24) is 60.0 Å². The molecule has 0 bridgehead atoms. The third-order valence-corrected chi connectivity index (χ3v) is 21.6. The Morgan fingerprint density at radius 2 is 1.19 bits per heavy atom. The number of carbonyl (C=O) groups excluding carboxylic acids is 12. The molecule has 3 heterocycles. The van der Waals surface area contributed by atoms with Gasteiger partial charge in [0.1, 0.15) is 42.3 Å². The van der Waals surface area contributed by atoms with Crippen LogP contribution in [0.4, 0.5) is 22.0 Å². The van der Waals surface area contributed by atoms with Gasteiger partial charge in [-0.2, -0.15) is 13.2 Å². The number of nitrogens with zero attached hydrogens (tertiary/aromatic N) is 9. The van der Waals surface area contributed by atoms with Crippen molar-refractivity contribution in [3.8, 4) is 0 Å². The normalized spacial score (nSPS) is 25.4. The number of rotatable bonds is 14. The Labute approximate surface area is 608 Å². The molecule has 3 aliphatic heterocycles. The molecule has 1 aromatic rings. The summed E-state index contributed by atoms with van der Waals surface area (Å²) in [5, 5.41) is 7.81. The van der Waals surface area contributed by atoms with Crippen molar-refractivity contribution in [3.05, 3.63) is 34.3 Å². The van der Waals surface area contributed by atoms with Crippen LogP contribution in [0.15, 0.2) is 18.2 Å². The molecule has 3 saturated heterocycles. The SMILES string of the molecule is CC(C)C[C@H]1C(=O)NC(CCCCC(F)F)C(=O)N(C)CC(=O)N(C)CC(=O)N(C)[C@@H](CC2CCCCC2)C(=O)N(C)CC(=O)N[C@@H](CCc2ccc(C(F)(F)F)c(Cl)c2)C(=O)N2CCC[C@H]2C(=O)NCCCCC(=O)N(C)C(C2CCCCC2)C(=O)N(C)[C@H](C(=O)N2CCCCC2)CC(=O)N1C. The quantitative estimate of drug-likeness (QED) is 0.125. The van der Waals surface area contributed by atoms with Crippen LogP contribution in [0.1, 0.15) is 192 Å². The first-order valence-electron chi connectivity index (χ1n) is 37.1. The van der Waals surface area contributed by atoms with Gasteiger partial charge in [0.15, 0.2) is 0 Å². The average Bonchev–Trinajstić information content (AvgIpc) is 1.25. The van der Waals surface area contributed by atoms with Gasteiger partial charge in [-0.3, -0.25) is 57.5 Å². The Balaban J connectivity index is 1.35. The highest BCUT2D eigenvalue weighted by atomic mass is 35.5. The molecule has 6 rings (SSSR count). The molecule has 12 amide bonds. The summed E-state index contributed by atoms with van der Waals surface area (Å²) in [4.78, 5) is 187. The van der Waals surface area contributed by atoms with E-state index in [-0.39, 0.29) is 101 Å². The Bertz CT molecular complexity index is 3090. The third kappa shape index (κ3) is 24.7. The molecule has 5 aliphatic rings. The fourth-order valence-electron chi connectivity index (χ4n) is 15.0. The second-order valence-corrected chi connectivity index (χ2v) is 30.0. The minimum absolute atomic E-state index is 0.00762. The van der Waals surface area contributed by atoms with E-state index in [9.17, 15) is 74.7 Å². The largest absolute Gasteiger partial charge is 0.417 e. The van der Waals surface area contributed by atoms with E-state index >= 15 is 4.79 Å². The minimum atomic E-state index is -4.75. The Kier molecular flexibility index (Phi) is 33.2. The summed E-state index contributed by atoms with van der Waals surface area (Å²) in [7, 11) is 9.75. The van der Waals surface area contributed by atoms with Crippen LogP contribution in [0.5, 0.6) is 0 Å². The lowest BCUT2D eigenvalue weighted by atomic mass is 9.82. The third-order valence-electron chi connectivity index (χ3n) is 21.3. The second-order valence-electron chi connectivity index (χ2n) is 29.6. The highest BCUT2D eigenvalue weighted by molar-refractivity contribution is 6.31. The summed E-state index contributed by atoms with van der Waals surface area (Å²) in [6.07, 6.45) is 2.70. The van der Waals surface area contributed by atoms with Gasteiger partial charge in [0, 0.05) is 88.4 Å². The number of piperidine rings is 1. The summed E-state index contributed by atoms with van der Waals surface area (Å²) in [6, 6.07) is -5.50. The van der Waals surface area contributed by atoms with Gasteiger partial charge in [-0.15, -0.1) is 0 Å². The van der Waals surface area contributed by atoms with Crippen molar-refractivity contribution >= 4 is 82.5 Å². The smallest absolute Gasteiger partial charge is 0.354 e. The number of halogens is 6. The van der Waals surface area contributed by atoms with Gasteiger partial charge in [0.2, 0.25) is 77.3 Å². The second kappa shape index (κ2) is 40.3. The van der Waals surface area contributed by atoms with Crippen LogP contribution in [0.2, 0.25) is 5.02 Å². The molecule has 24 nitrogen and oxygen atoms in total. The van der Waals surface area contributed by atoms with Crippen LogP contribution < -0.4 is 16.0 Å². The Hall–Kier alpha value is -7.20. The van der Waals surface area contributed by atoms with Crippen LogP contribution in [0.3, 0.4) is 0 Å². The number of aryl methyl sites for hydroxylation is 1. The number of benzene rings is 1. The molecule has 5 fully saturated rings. The van der Waals surface area contributed by atoms with Crippen molar-refractivity contribution in [2.45, 2.75) is 242 Å². The molecular weight excluding hydrogens is 1370 g/mol. The molecular formula is C73H112ClF5N12O12. The maximum absolute atomic E-state index is 15.4. The fraction of sp³-hybridized carbons (Fsp3) is 0.753. The molecule has 3 N–H and O–H groups in total. The van der Waals surface area contributed by atoms with Crippen LogP contribution in [-0.2, 0) is 70.1 Å². The van der Waals surface area contributed by atoms with Gasteiger partial charge in [-0.1, -0.05) is 89.3 Å². The number of unbranched alkanes of at least 4 members (excludes halogenated alkanes) is 1. The van der Waals surface area contributed by atoms with Gasteiger partial charge in [-0.25, -0.2) is 8.78 Å². The van der Waals surface area contributed by atoms with E-state index in [1.807, 2.05) is 13.8 Å². The lowest BCUT2D eigenvalue weighted by Crippen LogP contribution is -2.59. The zero-order valence-corrected chi connectivity index (χ0v) is 62.6. The van der Waals surface area contributed by atoms with E-state index in [0.29, 0.717) is 57.2 Å². The Morgan fingerprint density at radius 1 is 0.583 bits per heavy atom. The number of hydrogen-bond donors (Lipinski definition) is 3. The number of fused-ring (bicyclic) bond motifs is 1. The van der Waals surface area contributed by atoms with Crippen molar-refractivity contribution in [2.24, 2.45) is 17.8 Å².